The van der Waals surface area contributed by atoms with Crippen LogP contribution in [-0.2, 0) is 20.7 Å². The highest BCUT2D eigenvalue weighted by molar-refractivity contribution is 5.92. The SMILES string of the molecule is CC(=O)N1CCC[C@@]1(Cc1cc(-c2ccccc2)no1)C(=O)N[C@H]1CCCOC1. The smallest absolute Gasteiger partial charge is 0.246 e. The van der Waals surface area contributed by atoms with E-state index in [9.17, 15) is 9.59 Å². The molecule has 0 radical (unpaired) electrons. The predicted molar refractivity (Wildman–Crippen MR) is 107 cm³/mol. The summed E-state index contributed by atoms with van der Waals surface area (Å²) in [6, 6.07) is 11.6. The van der Waals surface area contributed by atoms with E-state index in [0.29, 0.717) is 31.8 Å². The Balaban J connectivity index is 1.58. The lowest BCUT2D eigenvalue weighted by Crippen LogP contribution is -2.60. The highest BCUT2D eigenvalue weighted by atomic mass is 16.5. The zero-order valence-electron chi connectivity index (χ0n) is 16.7. The van der Waals surface area contributed by atoms with E-state index in [2.05, 4.69) is 10.5 Å². The van der Waals surface area contributed by atoms with E-state index in [1.54, 1.807) is 4.90 Å². The minimum Gasteiger partial charge on any atom is -0.379 e. The molecule has 7 nitrogen and oxygen atoms in total. The van der Waals surface area contributed by atoms with Crippen LogP contribution in [0.5, 0.6) is 0 Å². The molecule has 0 bridgehead atoms. The number of nitrogens with one attached hydrogen (secondary N) is 1. The van der Waals surface area contributed by atoms with Crippen molar-refractivity contribution in [3.05, 3.63) is 42.2 Å². The number of aromatic nitrogens is 1. The molecule has 2 aromatic rings. The summed E-state index contributed by atoms with van der Waals surface area (Å²) in [7, 11) is 0. The van der Waals surface area contributed by atoms with E-state index in [0.717, 1.165) is 37.1 Å². The highest BCUT2D eigenvalue weighted by Crippen LogP contribution is 2.34. The molecule has 2 atom stereocenters. The first kappa shape index (κ1) is 19.6. The van der Waals surface area contributed by atoms with Crippen LogP contribution in [0.1, 0.15) is 38.4 Å². The van der Waals surface area contributed by atoms with Crippen molar-refractivity contribution in [1.82, 2.24) is 15.4 Å². The number of carbonyl (C=O) groups is 2. The van der Waals surface area contributed by atoms with Gasteiger partial charge < -0.3 is 19.5 Å². The summed E-state index contributed by atoms with van der Waals surface area (Å²) in [5.41, 5.74) is 0.732. The summed E-state index contributed by atoms with van der Waals surface area (Å²) in [4.78, 5) is 27.5. The van der Waals surface area contributed by atoms with Gasteiger partial charge in [0.15, 0.2) is 0 Å². The Morgan fingerprint density at radius 1 is 1.28 bits per heavy atom. The predicted octanol–water partition coefficient (Wildman–Crippen LogP) is 2.56. The van der Waals surface area contributed by atoms with Crippen LogP contribution in [0.2, 0.25) is 0 Å². The average molecular weight is 397 g/mol. The maximum absolute atomic E-state index is 13.4. The second-order valence-electron chi connectivity index (χ2n) is 7.91. The van der Waals surface area contributed by atoms with E-state index in [1.165, 1.54) is 6.92 Å². The lowest BCUT2D eigenvalue weighted by atomic mass is 9.88. The summed E-state index contributed by atoms with van der Waals surface area (Å²) in [6.07, 6.45) is 3.52. The maximum atomic E-state index is 13.4. The van der Waals surface area contributed by atoms with Crippen molar-refractivity contribution >= 4 is 11.8 Å². The normalized spacial score (nSPS) is 24.4. The standard InChI is InChI=1S/C22H27N3O4/c1-16(26)25-11-6-10-22(25,21(27)23-18-9-5-12-28-15-18)14-19-13-20(24-29-19)17-7-3-2-4-8-17/h2-4,7-8,13,18H,5-6,9-12,14-15H2,1H3,(H,23,27)/t18-,22+/m0/s1. The third kappa shape index (κ3) is 4.05. The van der Waals surface area contributed by atoms with Crippen LogP contribution in [0, 0.1) is 0 Å². The molecule has 154 valence electrons. The molecule has 4 rings (SSSR count). The quantitative estimate of drug-likeness (QED) is 0.838. The number of ether oxygens (including phenoxy) is 1. The Kier molecular flexibility index (Phi) is 5.67. The fourth-order valence-electron chi connectivity index (χ4n) is 4.44. The van der Waals surface area contributed by atoms with Crippen LogP contribution < -0.4 is 5.32 Å². The third-order valence-corrected chi connectivity index (χ3v) is 5.88. The Morgan fingerprint density at radius 3 is 2.83 bits per heavy atom. The zero-order valence-corrected chi connectivity index (χ0v) is 16.7. The van der Waals surface area contributed by atoms with Gasteiger partial charge in [0.05, 0.1) is 12.6 Å². The Hall–Kier alpha value is -2.67. The van der Waals surface area contributed by atoms with Crippen LogP contribution in [0.25, 0.3) is 11.3 Å². The minimum atomic E-state index is -0.948. The average Bonchev–Trinajstić information content (AvgIpc) is 3.38. The van der Waals surface area contributed by atoms with Crippen LogP contribution in [0.15, 0.2) is 40.9 Å². The van der Waals surface area contributed by atoms with Gasteiger partial charge in [-0.3, -0.25) is 9.59 Å². The number of hydrogen-bond acceptors (Lipinski definition) is 5. The molecule has 0 spiro atoms. The molecule has 2 aliphatic heterocycles. The van der Waals surface area contributed by atoms with Crippen molar-refractivity contribution in [2.45, 2.75) is 50.6 Å². The van der Waals surface area contributed by atoms with Crippen LogP contribution in [0.3, 0.4) is 0 Å². The monoisotopic (exact) mass is 397 g/mol. The number of hydrogen-bond donors (Lipinski definition) is 1. The van der Waals surface area contributed by atoms with Gasteiger partial charge in [0.1, 0.15) is 17.0 Å². The molecule has 29 heavy (non-hydrogen) atoms. The van der Waals surface area contributed by atoms with Gasteiger partial charge in [-0.2, -0.15) is 0 Å². The van der Waals surface area contributed by atoms with Crippen molar-refractivity contribution in [2.75, 3.05) is 19.8 Å². The first-order valence-electron chi connectivity index (χ1n) is 10.3. The number of amides is 2. The number of rotatable bonds is 5. The van der Waals surface area contributed by atoms with Gasteiger partial charge in [-0.15, -0.1) is 0 Å². The molecule has 0 unspecified atom stereocenters. The minimum absolute atomic E-state index is 0.0165. The Labute approximate surface area is 170 Å². The van der Waals surface area contributed by atoms with Crippen molar-refractivity contribution in [3.8, 4) is 11.3 Å². The molecule has 2 amide bonds. The Morgan fingerprint density at radius 2 is 2.10 bits per heavy atom. The van der Waals surface area contributed by atoms with Gasteiger partial charge in [-0.05, 0) is 25.7 Å². The molecule has 1 N–H and O–H groups in total. The first-order chi connectivity index (χ1) is 14.1. The Bertz CT molecular complexity index is 860. The number of benzene rings is 1. The fourth-order valence-corrected chi connectivity index (χ4v) is 4.44. The number of likely N-dealkylation sites (tertiary alicyclic amines) is 1. The first-order valence-corrected chi connectivity index (χ1v) is 10.3. The van der Waals surface area contributed by atoms with E-state index < -0.39 is 5.54 Å². The summed E-state index contributed by atoms with van der Waals surface area (Å²) in [6.45, 7) is 3.34. The summed E-state index contributed by atoms with van der Waals surface area (Å²) in [5, 5.41) is 7.30. The van der Waals surface area contributed by atoms with Gasteiger partial charge in [-0.1, -0.05) is 35.5 Å². The molecule has 1 aromatic heterocycles. The molecule has 7 heteroatoms. The van der Waals surface area contributed by atoms with Crippen molar-refractivity contribution < 1.29 is 18.8 Å². The molecule has 2 saturated heterocycles. The summed E-state index contributed by atoms with van der Waals surface area (Å²) < 4.78 is 11.1. The van der Waals surface area contributed by atoms with E-state index >= 15 is 0 Å². The lowest BCUT2D eigenvalue weighted by Gasteiger charge is -2.37. The number of nitrogens with zero attached hydrogens (tertiary/aromatic N) is 2. The molecule has 0 aliphatic carbocycles. The second-order valence-corrected chi connectivity index (χ2v) is 7.91. The number of carbonyl (C=O) groups excluding carboxylic acids is 2. The molecule has 0 saturated carbocycles. The van der Waals surface area contributed by atoms with Crippen molar-refractivity contribution in [3.63, 3.8) is 0 Å². The lowest BCUT2D eigenvalue weighted by molar-refractivity contribution is -0.144. The van der Waals surface area contributed by atoms with Crippen molar-refractivity contribution in [2.24, 2.45) is 0 Å². The zero-order chi connectivity index (χ0) is 20.3. The van der Waals surface area contributed by atoms with Crippen LogP contribution in [-0.4, -0.2) is 53.2 Å². The van der Waals surface area contributed by atoms with E-state index in [-0.39, 0.29) is 17.9 Å². The second kappa shape index (κ2) is 8.37. The third-order valence-electron chi connectivity index (χ3n) is 5.88. The molecule has 2 fully saturated rings. The summed E-state index contributed by atoms with van der Waals surface area (Å²) in [5.74, 6) is 0.380. The van der Waals surface area contributed by atoms with Crippen LogP contribution in [0.4, 0.5) is 0 Å². The maximum Gasteiger partial charge on any atom is 0.246 e. The van der Waals surface area contributed by atoms with Crippen LogP contribution >= 0.6 is 0 Å². The highest BCUT2D eigenvalue weighted by Gasteiger charge is 2.50. The largest absolute Gasteiger partial charge is 0.379 e. The van der Waals surface area contributed by atoms with E-state index in [4.69, 9.17) is 9.26 Å². The van der Waals surface area contributed by atoms with Crippen molar-refractivity contribution in [1.29, 1.82) is 0 Å². The molecule has 2 aliphatic rings. The molecule has 3 heterocycles. The van der Waals surface area contributed by atoms with Gasteiger partial charge in [0, 0.05) is 38.1 Å². The molecule has 1 aromatic carbocycles. The van der Waals surface area contributed by atoms with Gasteiger partial charge in [0.2, 0.25) is 11.8 Å². The van der Waals surface area contributed by atoms with E-state index in [1.807, 2.05) is 36.4 Å². The van der Waals surface area contributed by atoms with Gasteiger partial charge in [-0.25, -0.2) is 0 Å². The van der Waals surface area contributed by atoms with Gasteiger partial charge in [0.25, 0.3) is 0 Å². The van der Waals surface area contributed by atoms with Gasteiger partial charge >= 0.3 is 0 Å². The molecular formula is C22H27N3O4. The topological polar surface area (TPSA) is 84.7 Å². The summed E-state index contributed by atoms with van der Waals surface area (Å²) >= 11 is 0. The fraction of sp³-hybridized carbons (Fsp3) is 0.500. The molecular weight excluding hydrogens is 370 g/mol.